The number of aromatic nitrogens is 2. The third-order valence-electron chi connectivity index (χ3n) is 6.01. The Hall–Kier alpha value is -3.81. The summed E-state index contributed by atoms with van der Waals surface area (Å²) in [6.45, 7) is 0. The van der Waals surface area contributed by atoms with E-state index in [9.17, 15) is 9.59 Å². The normalized spacial score (nSPS) is 15.2. The van der Waals surface area contributed by atoms with Crippen molar-refractivity contribution >= 4 is 51.8 Å². The topological polar surface area (TPSA) is 95.8 Å². The lowest BCUT2D eigenvalue weighted by molar-refractivity contribution is -0.141. The van der Waals surface area contributed by atoms with Crippen molar-refractivity contribution in [2.45, 2.75) is 25.3 Å². The summed E-state index contributed by atoms with van der Waals surface area (Å²) >= 11 is 12.3. The summed E-state index contributed by atoms with van der Waals surface area (Å²) < 4.78 is 0. The van der Waals surface area contributed by atoms with Crippen molar-refractivity contribution in [1.82, 2.24) is 15.0 Å². The molecule has 0 saturated carbocycles. The highest BCUT2D eigenvalue weighted by Gasteiger charge is 2.33. The van der Waals surface area contributed by atoms with Crippen LogP contribution in [0.5, 0.6) is 0 Å². The van der Waals surface area contributed by atoms with Crippen molar-refractivity contribution in [2.24, 2.45) is 5.10 Å². The van der Waals surface area contributed by atoms with Crippen LogP contribution in [0.3, 0.4) is 0 Å². The summed E-state index contributed by atoms with van der Waals surface area (Å²) in [5, 5.41) is 16.2. The van der Waals surface area contributed by atoms with Crippen LogP contribution in [0.25, 0.3) is 22.2 Å². The van der Waals surface area contributed by atoms with Gasteiger partial charge in [-0.15, -0.1) is 0 Å². The molecule has 0 aliphatic carbocycles. The number of nitrogens with zero attached hydrogens (tertiary/aromatic N) is 4. The molecule has 7 nitrogen and oxygen atoms in total. The van der Waals surface area contributed by atoms with Crippen molar-refractivity contribution in [3.05, 3.63) is 94.2 Å². The van der Waals surface area contributed by atoms with Crippen LogP contribution in [0.4, 0.5) is 0 Å². The molecule has 0 spiro atoms. The lowest BCUT2D eigenvalue weighted by atomic mass is 9.96. The third kappa shape index (κ3) is 5.08. The second kappa shape index (κ2) is 10.0. The molecule has 0 saturated heterocycles. The Morgan fingerprint density at radius 2 is 1.50 bits per heavy atom. The standard InChI is InChI=1S/C27H20Cl2N4O3/c28-20-11-19(12-21(29)14-20)16-1-3-17(4-2-16)23-15-25(33(32-23)26(34)7-8-27(35)36)18-5-6-22-24(13-18)31-10-9-30-22/h1-6,9-14,25H,7-8,15H2,(H,35,36). The summed E-state index contributed by atoms with van der Waals surface area (Å²) in [5.74, 6) is -1.37. The molecule has 1 N–H and O–H groups in total. The van der Waals surface area contributed by atoms with Gasteiger partial charge in [0.1, 0.15) is 0 Å². The van der Waals surface area contributed by atoms with Crippen molar-refractivity contribution in [3.8, 4) is 11.1 Å². The van der Waals surface area contributed by atoms with E-state index in [4.69, 9.17) is 28.3 Å². The number of carbonyl (C=O) groups excluding carboxylic acids is 1. The van der Waals surface area contributed by atoms with Crippen LogP contribution in [0, 0.1) is 0 Å². The van der Waals surface area contributed by atoms with Gasteiger partial charge in [0, 0.05) is 35.3 Å². The maximum Gasteiger partial charge on any atom is 0.303 e. The van der Waals surface area contributed by atoms with Gasteiger partial charge in [0.15, 0.2) is 0 Å². The maximum atomic E-state index is 13.0. The van der Waals surface area contributed by atoms with Crippen LogP contribution in [0.1, 0.15) is 36.4 Å². The number of halogens is 2. The number of hydrogen-bond acceptors (Lipinski definition) is 5. The van der Waals surface area contributed by atoms with Crippen molar-refractivity contribution in [3.63, 3.8) is 0 Å². The molecule has 1 aliphatic rings. The number of rotatable bonds is 6. The Morgan fingerprint density at radius 1 is 0.833 bits per heavy atom. The molecular weight excluding hydrogens is 499 g/mol. The van der Waals surface area contributed by atoms with E-state index in [-0.39, 0.29) is 24.8 Å². The molecule has 4 aromatic rings. The second-order valence-electron chi connectivity index (χ2n) is 8.44. The minimum absolute atomic E-state index is 0.134. The smallest absolute Gasteiger partial charge is 0.303 e. The van der Waals surface area contributed by atoms with Gasteiger partial charge in [-0.3, -0.25) is 19.6 Å². The predicted octanol–water partition coefficient (Wildman–Crippen LogP) is 6.15. The Kier molecular flexibility index (Phi) is 6.67. The molecule has 9 heteroatoms. The van der Waals surface area contributed by atoms with E-state index >= 15 is 0 Å². The highest BCUT2D eigenvalue weighted by molar-refractivity contribution is 6.35. The zero-order chi connectivity index (χ0) is 25.2. The quantitative estimate of drug-likeness (QED) is 0.330. The van der Waals surface area contributed by atoms with E-state index in [1.165, 1.54) is 5.01 Å². The van der Waals surface area contributed by atoms with Crippen molar-refractivity contribution in [2.75, 3.05) is 0 Å². The van der Waals surface area contributed by atoms with Crippen molar-refractivity contribution in [1.29, 1.82) is 0 Å². The van der Waals surface area contributed by atoms with Crippen molar-refractivity contribution < 1.29 is 14.7 Å². The molecule has 0 bridgehead atoms. The molecule has 0 fully saturated rings. The Bertz CT molecular complexity index is 1480. The van der Waals surface area contributed by atoms with Crippen LogP contribution in [-0.2, 0) is 9.59 Å². The fraction of sp³-hybridized carbons (Fsp3) is 0.148. The fourth-order valence-corrected chi connectivity index (χ4v) is 4.79. The molecule has 180 valence electrons. The van der Waals surface area contributed by atoms with Crippen LogP contribution >= 0.6 is 23.2 Å². The number of fused-ring (bicyclic) bond motifs is 1. The number of carboxylic acid groups (broad SMARTS) is 1. The van der Waals surface area contributed by atoms with E-state index in [0.29, 0.717) is 22.0 Å². The van der Waals surface area contributed by atoms with E-state index < -0.39 is 5.97 Å². The average Bonchev–Trinajstić information content (AvgIpc) is 3.32. The number of carboxylic acids is 1. The van der Waals surface area contributed by atoms with Gasteiger partial charge in [0.05, 0.1) is 29.2 Å². The molecular formula is C27H20Cl2N4O3. The summed E-state index contributed by atoms with van der Waals surface area (Å²) in [6.07, 6.45) is 3.33. The summed E-state index contributed by atoms with van der Waals surface area (Å²) in [7, 11) is 0. The molecule has 0 radical (unpaired) electrons. The molecule has 1 amide bonds. The molecule has 36 heavy (non-hydrogen) atoms. The zero-order valence-corrected chi connectivity index (χ0v) is 20.4. The average molecular weight is 519 g/mol. The van der Waals surface area contributed by atoms with Crippen LogP contribution < -0.4 is 0 Å². The van der Waals surface area contributed by atoms with E-state index in [1.54, 1.807) is 18.5 Å². The fourth-order valence-electron chi connectivity index (χ4n) is 4.27. The summed E-state index contributed by atoms with van der Waals surface area (Å²) in [5.41, 5.74) is 5.76. The molecule has 1 unspecified atom stereocenters. The first-order valence-corrected chi connectivity index (χ1v) is 12.0. The van der Waals surface area contributed by atoms with Gasteiger partial charge in [-0.25, -0.2) is 5.01 Å². The lowest BCUT2D eigenvalue weighted by Gasteiger charge is -2.22. The summed E-state index contributed by atoms with van der Waals surface area (Å²) in [6, 6.07) is 18.5. The monoisotopic (exact) mass is 518 g/mol. The Labute approximate surface area is 217 Å². The van der Waals surface area contributed by atoms with Gasteiger partial charge < -0.3 is 5.11 Å². The second-order valence-corrected chi connectivity index (χ2v) is 9.31. The highest BCUT2D eigenvalue weighted by Crippen LogP contribution is 2.35. The number of hydrazone groups is 1. The van der Waals surface area contributed by atoms with E-state index in [1.807, 2.05) is 54.6 Å². The van der Waals surface area contributed by atoms with E-state index in [2.05, 4.69) is 15.1 Å². The summed E-state index contributed by atoms with van der Waals surface area (Å²) in [4.78, 5) is 32.7. The molecule has 1 aromatic heterocycles. The Morgan fingerprint density at radius 3 is 2.19 bits per heavy atom. The van der Waals surface area contributed by atoms with Gasteiger partial charge in [0.25, 0.3) is 0 Å². The zero-order valence-electron chi connectivity index (χ0n) is 18.9. The number of aliphatic carboxylic acids is 1. The van der Waals surface area contributed by atoms with Gasteiger partial charge in [0.2, 0.25) is 5.91 Å². The predicted molar refractivity (Wildman–Crippen MR) is 139 cm³/mol. The first-order valence-electron chi connectivity index (χ1n) is 11.3. The molecule has 1 atom stereocenters. The Balaban J connectivity index is 1.46. The van der Waals surface area contributed by atoms with Gasteiger partial charge >= 0.3 is 5.97 Å². The minimum Gasteiger partial charge on any atom is -0.481 e. The van der Waals surface area contributed by atoms with E-state index in [0.717, 1.165) is 33.5 Å². The van der Waals surface area contributed by atoms with Gasteiger partial charge in [-0.1, -0.05) is 53.5 Å². The van der Waals surface area contributed by atoms with Crippen LogP contribution in [0.15, 0.2) is 78.2 Å². The number of hydrogen-bond donors (Lipinski definition) is 1. The number of amides is 1. The van der Waals surface area contributed by atoms with Gasteiger partial charge in [-0.05, 0) is 52.6 Å². The van der Waals surface area contributed by atoms with Crippen LogP contribution in [0.2, 0.25) is 10.0 Å². The third-order valence-corrected chi connectivity index (χ3v) is 6.45. The first-order chi connectivity index (χ1) is 17.4. The number of carbonyl (C=O) groups is 2. The SMILES string of the molecule is O=C(O)CCC(=O)N1N=C(c2ccc(-c3cc(Cl)cc(Cl)c3)cc2)CC1c1ccc2nccnc2c1. The largest absolute Gasteiger partial charge is 0.481 e. The minimum atomic E-state index is -1.03. The highest BCUT2D eigenvalue weighted by atomic mass is 35.5. The van der Waals surface area contributed by atoms with Crippen LogP contribution in [-0.4, -0.2) is 37.7 Å². The molecule has 2 heterocycles. The lowest BCUT2D eigenvalue weighted by Crippen LogP contribution is -2.27. The molecule has 3 aromatic carbocycles. The molecule has 5 rings (SSSR count). The maximum absolute atomic E-state index is 13.0. The van der Waals surface area contributed by atoms with Gasteiger partial charge in [-0.2, -0.15) is 5.10 Å². The number of benzene rings is 3. The molecule has 1 aliphatic heterocycles. The first kappa shape index (κ1) is 23.9.